The maximum atomic E-state index is 12.4. The molecule has 0 saturated carbocycles. The molecule has 0 saturated heterocycles. The Kier molecular flexibility index (Phi) is 2.67. The first kappa shape index (κ1) is 11.6. The predicted octanol–water partition coefficient (Wildman–Crippen LogP) is 1.63. The minimum atomic E-state index is -0.101. The van der Waals surface area contributed by atoms with Crippen molar-refractivity contribution in [3.8, 4) is 0 Å². The summed E-state index contributed by atoms with van der Waals surface area (Å²) in [6.45, 7) is 3.66. The number of rotatable bonds is 2. The number of hydrogen-bond acceptors (Lipinski definition) is 3. The SMILES string of the molecule is Cc1nc2[nH]c(C)c(Cc3ccccc3)c(=O)n2n1. The van der Waals surface area contributed by atoms with Gasteiger partial charge in [0.2, 0.25) is 5.78 Å². The summed E-state index contributed by atoms with van der Waals surface area (Å²) in [7, 11) is 0. The molecule has 0 aliphatic rings. The molecule has 0 bridgehead atoms. The van der Waals surface area contributed by atoms with Gasteiger partial charge in [-0.2, -0.15) is 9.50 Å². The van der Waals surface area contributed by atoms with Crippen LogP contribution < -0.4 is 5.56 Å². The molecule has 0 aliphatic carbocycles. The zero-order valence-corrected chi connectivity index (χ0v) is 10.8. The first-order valence-electron chi connectivity index (χ1n) is 6.14. The highest BCUT2D eigenvalue weighted by molar-refractivity contribution is 5.34. The Balaban J connectivity index is 2.16. The molecule has 0 aliphatic heterocycles. The molecular formula is C14H14N4O. The van der Waals surface area contributed by atoms with Crippen LogP contribution in [-0.4, -0.2) is 19.6 Å². The summed E-state index contributed by atoms with van der Waals surface area (Å²) in [4.78, 5) is 19.7. The van der Waals surface area contributed by atoms with E-state index in [9.17, 15) is 4.79 Å². The number of fused-ring (bicyclic) bond motifs is 1. The fourth-order valence-electron chi connectivity index (χ4n) is 2.18. The molecular weight excluding hydrogens is 240 g/mol. The maximum absolute atomic E-state index is 12.4. The summed E-state index contributed by atoms with van der Waals surface area (Å²) in [5.74, 6) is 1.08. The first-order valence-corrected chi connectivity index (χ1v) is 6.14. The normalized spacial score (nSPS) is 11.1. The quantitative estimate of drug-likeness (QED) is 0.756. The van der Waals surface area contributed by atoms with E-state index in [4.69, 9.17) is 0 Å². The molecule has 0 unspecified atom stereocenters. The zero-order chi connectivity index (χ0) is 13.4. The van der Waals surface area contributed by atoms with Crippen LogP contribution in [0.3, 0.4) is 0 Å². The molecule has 1 aromatic carbocycles. The summed E-state index contributed by atoms with van der Waals surface area (Å²) in [6, 6.07) is 9.92. The van der Waals surface area contributed by atoms with Crippen LogP contribution in [-0.2, 0) is 6.42 Å². The van der Waals surface area contributed by atoms with Crippen LogP contribution in [0, 0.1) is 13.8 Å². The van der Waals surface area contributed by atoms with Gasteiger partial charge in [0.15, 0.2) is 0 Å². The Morgan fingerprint density at radius 1 is 1.21 bits per heavy atom. The van der Waals surface area contributed by atoms with Crippen molar-refractivity contribution >= 4 is 5.78 Å². The highest BCUT2D eigenvalue weighted by Crippen LogP contribution is 2.09. The Bertz CT molecular complexity index is 786. The van der Waals surface area contributed by atoms with E-state index in [2.05, 4.69) is 15.1 Å². The van der Waals surface area contributed by atoms with Gasteiger partial charge in [0, 0.05) is 17.7 Å². The standard InChI is InChI=1S/C14H14N4O/c1-9-12(8-11-6-4-3-5-7-11)13(19)18-14(15-9)16-10(2)17-18/h3-7H,8H2,1-2H3,(H,15,16,17). The predicted molar refractivity (Wildman–Crippen MR) is 72.3 cm³/mol. The molecule has 5 heteroatoms. The number of aromatic amines is 1. The largest absolute Gasteiger partial charge is 0.327 e. The number of nitrogens with zero attached hydrogens (tertiary/aromatic N) is 3. The monoisotopic (exact) mass is 254 g/mol. The van der Waals surface area contributed by atoms with Crippen LogP contribution >= 0.6 is 0 Å². The third kappa shape index (κ3) is 2.03. The number of benzene rings is 1. The second kappa shape index (κ2) is 4.35. The van der Waals surface area contributed by atoms with E-state index < -0.39 is 0 Å². The van der Waals surface area contributed by atoms with E-state index >= 15 is 0 Å². The lowest BCUT2D eigenvalue weighted by molar-refractivity contribution is 0.847. The second-order valence-electron chi connectivity index (χ2n) is 4.59. The number of H-pyrrole nitrogens is 1. The molecule has 96 valence electrons. The Hall–Kier alpha value is -2.43. The number of nitrogens with one attached hydrogen (secondary N) is 1. The van der Waals surface area contributed by atoms with Crippen molar-refractivity contribution in [2.75, 3.05) is 0 Å². The minimum absolute atomic E-state index is 0.101. The number of aryl methyl sites for hydroxylation is 2. The van der Waals surface area contributed by atoms with E-state index in [0.717, 1.165) is 16.8 Å². The lowest BCUT2D eigenvalue weighted by Crippen LogP contribution is -2.22. The van der Waals surface area contributed by atoms with Crippen LogP contribution in [0.25, 0.3) is 5.78 Å². The van der Waals surface area contributed by atoms with Gasteiger partial charge in [-0.1, -0.05) is 30.3 Å². The number of aromatic nitrogens is 4. The first-order chi connectivity index (χ1) is 9.15. The van der Waals surface area contributed by atoms with Gasteiger partial charge in [-0.3, -0.25) is 4.79 Å². The fourth-order valence-corrected chi connectivity index (χ4v) is 2.18. The van der Waals surface area contributed by atoms with E-state index in [1.807, 2.05) is 37.3 Å². The molecule has 0 atom stereocenters. The van der Waals surface area contributed by atoms with Crippen LogP contribution in [0.1, 0.15) is 22.6 Å². The van der Waals surface area contributed by atoms with Crippen LogP contribution in [0.5, 0.6) is 0 Å². The van der Waals surface area contributed by atoms with Crippen molar-refractivity contribution in [3.63, 3.8) is 0 Å². The van der Waals surface area contributed by atoms with Gasteiger partial charge in [-0.25, -0.2) is 0 Å². The lowest BCUT2D eigenvalue weighted by Gasteiger charge is -2.05. The van der Waals surface area contributed by atoms with Crippen LogP contribution in [0.15, 0.2) is 35.1 Å². The molecule has 0 amide bonds. The van der Waals surface area contributed by atoms with Crippen LogP contribution in [0.2, 0.25) is 0 Å². The topological polar surface area (TPSA) is 63.0 Å². The van der Waals surface area contributed by atoms with Gasteiger partial charge in [-0.05, 0) is 19.4 Å². The summed E-state index contributed by atoms with van der Waals surface area (Å²) >= 11 is 0. The van der Waals surface area contributed by atoms with Crippen molar-refractivity contribution in [3.05, 3.63) is 63.3 Å². The average Bonchev–Trinajstić information content (AvgIpc) is 2.76. The van der Waals surface area contributed by atoms with E-state index in [-0.39, 0.29) is 5.56 Å². The average molecular weight is 254 g/mol. The highest BCUT2D eigenvalue weighted by atomic mass is 16.1. The number of hydrogen-bond donors (Lipinski definition) is 1. The smallest absolute Gasteiger partial charge is 0.279 e. The maximum Gasteiger partial charge on any atom is 0.279 e. The molecule has 0 radical (unpaired) electrons. The van der Waals surface area contributed by atoms with Gasteiger partial charge in [0.1, 0.15) is 5.82 Å². The molecule has 0 spiro atoms. The fraction of sp³-hybridized carbons (Fsp3) is 0.214. The second-order valence-corrected chi connectivity index (χ2v) is 4.59. The van der Waals surface area contributed by atoms with Gasteiger partial charge in [0.25, 0.3) is 5.56 Å². The van der Waals surface area contributed by atoms with Crippen molar-refractivity contribution in [1.29, 1.82) is 0 Å². The third-order valence-corrected chi connectivity index (χ3v) is 3.14. The Labute approximate surface area is 109 Å². The summed E-state index contributed by atoms with van der Waals surface area (Å²) in [5, 5.41) is 4.12. The molecule has 3 rings (SSSR count). The van der Waals surface area contributed by atoms with Crippen molar-refractivity contribution < 1.29 is 0 Å². The Morgan fingerprint density at radius 2 is 1.95 bits per heavy atom. The van der Waals surface area contributed by atoms with E-state index in [0.29, 0.717) is 18.0 Å². The van der Waals surface area contributed by atoms with Gasteiger partial charge >= 0.3 is 0 Å². The highest BCUT2D eigenvalue weighted by Gasteiger charge is 2.12. The van der Waals surface area contributed by atoms with Gasteiger partial charge in [0.05, 0.1) is 0 Å². The minimum Gasteiger partial charge on any atom is -0.327 e. The molecule has 3 aromatic rings. The third-order valence-electron chi connectivity index (χ3n) is 3.14. The van der Waals surface area contributed by atoms with Crippen molar-refractivity contribution in [2.45, 2.75) is 20.3 Å². The van der Waals surface area contributed by atoms with Gasteiger partial charge < -0.3 is 4.98 Å². The molecule has 19 heavy (non-hydrogen) atoms. The molecule has 5 nitrogen and oxygen atoms in total. The lowest BCUT2D eigenvalue weighted by atomic mass is 10.1. The van der Waals surface area contributed by atoms with E-state index in [1.54, 1.807) is 6.92 Å². The Morgan fingerprint density at radius 3 is 2.68 bits per heavy atom. The molecule has 0 fully saturated rings. The van der Waals surface area contributed by atoms with Crippen molar-refractivity contribution in [2.24, 2.45) is 0 Å². The van der Waals surface area contributed by atoms with Crippen molar-refractivity contribution in [1.82, 2.24) is 19.6 Å². The molecule has 1 N–H and O–H groups in total. The van der Waals surface area contributed by atoms with Gasteiger partial charge in [-0.15, -0.1) is 5.10 Å². The summed E-state index contributed by atoms with van der Waals surface area (Å²) in [5.41, 5.74) is 2.57. The molecule has 2 aromatic heterocycles. The van der Waals surface area contributed by atoms with Crippen LogP contribution in [0.4, 0.5) is 0 Å². The summed E-state index contributed by atoms with van der Waals surface area (Å²) in [6.07, 6.45) is 0.594. The molecule has 2 heterocycles. The zero-order valence-electron chi connectivity index (χ0n) is 10.8. The summed E-state index contributed by atoms with van der Waals surface area (Å²) < 4.78 is 1.33. The van der Waals surface area contributed by atoms with E-state index in [1.165, 1.54) is 4.52 Å².